The molecular weight excluding hydrogens is 266 g/mol. The molecule has 5 nitrogen and oxygen atoms in total. The molecule has 21 heavy (non-hydrogen) atoms. The van der Waals surface area contributed by atoms with Crippen LogP contribution in [0.15, 0.2) is 60.7 Å². The number of nitrogens with zero attached hydrogens (tertiary/aromatic N) is 3. The fraction of sp³-hybridized carbons (Fsp3) is 0.0625. The normalized spacial score (nSPS) is 10.3. The Hall–Kier alpha value is -2.95. The molecule has 104 valence electrons. The first-order valence-corrected chi connectivity index (χ1v) is 6.46. The average molecular weight is 279 g/mol. The van der Waals surface area contributed by atoms with Gasteiger partial charge in [0.05, 0.1) is 12.8 Å². The molecule has 0 aliphatic rings. The molecule has 0 radical (unpaired) electrons. The maximum atomic E-state index is 11.9. The first kappa shape index (κ1) is 13.1. The summed E-state index contributed by atoms with van der Waals surface area (Å²) in [6.07, 6.45) is 0. The fourth-order valence-electron chi connectivity index (χ4n) is 2.12. The molecule has 0 fully saturated rings. The number of aromatic nitrogens is 3. The van der Waals surface area contributed by atoms with Crippen molar-refractivity contribution in [3.05, 3.63) is 66.4 Å². The van der Waals surface area contributed by atoms with E-state index >= 15 is 0 Å². The molecule has 1 aromatic heterocycles. The fourth-order valence-corrected chi connectivity index (χ4v) is 2.12. The van der Waals surface area contributed by atoms with Crippen LogP contribution in [-0.4, -0.2) is 28.1 Å². The molecule has 0 bridgehead atoms. The summed E-state index contributed by atoms with van der Waals surface area (Å²) in [7, 11) is 1.33. The van der Waals surface area contributed by atoms with Gasteiger partial charge in [0.2, 0.25) is 0 Å². The van der Waals surface area contributed by atoms with Crippen LogP contribution in [-0.2, 0) is 4.74 Å². The lowest BCUT2D eigenvalue weighted by molar-refractivity contribution is 0.0595. The third-order valence-electron chi connectivity index (χ3n) is 3.10. The second kappa shape index (κ2) is 5.58. The van der Waals surface area contributed by atoms with E-state index in [0.717, 1.165) is 11.3 Å². The van der Waals surface area contributed by atoms with Crippen molar-refractivity contribution in [2.24, 2.45) is 0 Å². The highest BCUT2D eigenvalue weighted by Crippen LogP contribution is 2.25. The van der Waals surface area contributed by atoms with E-state index in [9.17, 15) is 4.79 Å². The number of carbonyl (C=O) groups excluding carboxylic acids is 1. The van der Waals surface area contributed by atoms with Gasteiger partial charge < -0.3 is 4.74 Å². The van der Waals surface area contributed by atoms with Crippen LogP contribution < -0.4 is 0 Å². The highest BCUT2D eigenvalue weighted by Gasteiger charge is 2.22. The van der Waals surface area contributed by atoms with E-state index in [-0.39, 0.29) is 5.69 Å². The predicted octanol–water partition coefficient (Wildman–Crippen LogP) is 2.72. The Morgan fingerprint density at radius 2 is 1.62 bits per heavy atom. The van der Waals surface area contributed by atoms with Crippen molar-refractivity contribution < 1.29 is 9.53 Å². The summed E-state index contributed by atoms with van der Waals surface area (Å²) in [5.74, 6) is -0.504. The van der Waals surface area contributed by atoms with Crippen molar-refractivity contribution in [2.45, 2.75) is 0 Å². The predicted molar refractivity (Wildman–Crippen MR) is 78.1 cm³/mol. The van der Waals surface area contributed by atoms with E-state index in [1.807, 2.05) is 60.7 Å². The van der Waals surface area contributed by atoms with Crippen LogP contribution in [0.5, 0.6) is 0 Å². The number of para-hydroxylation sites is 1. The van der Waals surface area contributed by atoms with E-state index in [2.05, 4.69) is 10.3 Å². The van der Waals surface area contributed by atoms with E-state index in [0.29, 0.717) is 5.69 Å². The Morgan fingerprint density at radius 3 is 2.24 bits per heavy atom. The summed E-state index contributed by atoms with van der Waals surface area (Å²) < 4.78 is 6.43. The summed E-state index contributed by atoms with van der Waals surface area (Å²) in [6.45, 7) is 0. The number of ether oxygens (including phenoxy) is 1. The quantitative estimate of drug-likeness (QED) is 0.692. The zero-order valence-corrected chi connectivity index (χ0v) is 11.4. The number of rotatable bonds is 3. The van der Waals surface area contributed by atoms with Gasteiger partial charge in [-0.3, -0.25) is 0 Å². The van der Waals surface area contributed by atoms with Crippen molar-refractivity contribution in [2.75, 3.05) is 7.11 Å². The summed E-state index contributed by atoms with van der Waals surface area (Å²) >= 11 is 0. The molecule has 0 atom stereocenters. The average Bonchev–Trinajstić information content (AvgIpc) is 3.00. The molecule has 0 aliphatic heterocycles. The van der Waals surface area contributed by atoms with Crippen LogP contribution in [0.25, 0.3) is 16.9 Å². The summed E-state index contributed by atoms with van der Waals surface area (Å²) in [6, 6.07) is 19.1. The minimum Gasteiger partial charge on any atom is -0.464 e. The molecule has 5 heteroatoms. The van der Waals surface area contributed by atoms with Gasteiger partial charge >= 0.3 is 5.97 Å². The summed E-state index contributed by atoms with van der Waals surface area (Å²) in [5, 5.41) is 8.08. The molecule has 0 aliphatic carbocycles. The smallest absolute Gasteiger partial charge is 0.360 e. The summed E-state index contributed by atoms with van der Waals surface area (Å²) in [4.78, 5) is 11.9. The Bertz CT molecular complexity index is 752. The number of esters is 1. The lowest BCUT2D eigenvalue weighted by Crippen LogP contribution is -2.05. The molecule has 0 unspecified atom stereocenters. The first-order valence-electron chi connectivity index (χ1n) is 6.46. The van der Waals surface area contributed by atoms with Gasteiger partial charge in [-0.25, -0.2) is 9.48 Å². The molecule has 3 aromatic rings. The zero-order chi connectivity index (χ0) is 14.7. The molecule has 0 saturated heterocycles. The van der Waals surface area contributed by atoms with Gasteiger partial charge in [0.25, 0.3) is 0 Å². The van der Waals surface area contributed by atoms with Gasteiger partial charge in [0, 0.05) is 5.56 Å². The molecule has 0 spiro atoms. The minimum atomic E-state index is -0.504. The second-order valence-electron chi connectivity index (χ2n) is 4.39. The number of hydrogen-bond acceptors (Lipinski definition) is 4. The molecular formula is C16H13N3O2. The number of carbonyl (C=O) groups is 1. The van der Waals surface area contributed by atoms with Gasteiger partial charge in [-0.2, -0.15) is 0 Å². The molecule has 0 N–H and O–H groups in total. The lowest BCUT2D eigenvalue weighted by Gasteiger charge is -2.07. The van der Waals surface area contributed by atoms with E-state index < -0.39 is 5.97 Å². The number of methoxy groups -OCH3 is 1. The Labute approximate surface area is 121 Å². The standard InChI is InChI=1S/C16H13N3O2/c1-21-16(20)14-15(12-8-4-2-5-9-12)19(18-17-14)13-10-6-3-7-11-13/h2-11H,1H3. The van der Waals surface area contributed by atoms with Gasteiger partial charge in [-0.05, 0) is 12.1 Å². The van der Waals surface area contributed by atoms with Crippen LogP contribution in [0.1, 0.15) is 10.5 Å². The van der Waals surface area contributed by atoms with Crippen LogP contribution in [0.2, 0.25) is 0 Å². The SMILES string of the molecule is COC(=O)c1nnn(-c2ccccc2)c1-c1ccccc1. The Morgan fingerprint density at radius 1 is 1.00 bits per heavy atom. The largest absolute Gasteiger partial charge is 0.464 e. The molecule has 3 rings (SSSR count). The maximum Gasteiger partial charge on any atom is 0.360 e. The van der Waals surface area contributed by atoms with Crippen molar-refractivity contribution in [1.82, 2.24) is 15.0 Å². The molecule has 0 amide bonds. The Balaban J connectivity index is 2.23. The van der Waals surface area contributed by atoms with Crippen LogP contribution in [0, 0.1) is 0 Å². The monoisotopic (exact) mass is 279 g/mol. The minimum absolute atomic E-state index is 0.201. The van der Waals surface area contributed by atoms with Gasteiger partial charge in [0.15, 0.2) is 5.69 Å². The first-order chi connectivity index (χ1) is 10.3. The van der Waals surface area contributed by atoms with E-state index in [4.69, 9.17) is 4.74 Å². The van der Waals surface area contributed by atoms with E-state index in [1.165, 1.54) is 7.11 Å². The van der Waals surface area contributed by atoms with Crippen LogP contribution >= 0.6 is 0 Å². The maximum absolute atomic E-state index is 11.9. The van der Waals surface area contributed by atoms with Gasteiger partial charge in [-0.15, -0.1) is 5.10 Å². The molecule has 0 saturated carbocycles. The van der Waals surface area contributed by atoms with E-state index in [1.54, 1.807) is 4.68 Å². The zero-order valence-electron chi connectivity index (χ0n) is 11.4. The third-order valence-corrected chi connectivity index (χ3v) is 3.10. The third kappa shape index (κ3) is 2.41. The van der Waals surface area contributed by atoms with Crippen molar-refractivity contribution in [3.8, 4) is 16.9 Å². The Kier molecular flexibility index (Phi) is 3.47. The summed E-state index contributed by atoms with van der Waals surface area (Å²) in [5.41, 5.74) is 2.51. The number of hydrogen-bond donors (Lipinski definition) is 0. The van der Waals surface area contributed by atoms with Crippen molar-refractivity contribution >= 4 is 5.97 Å². The van der Waals surface area contributed by atoms with Crippen molar-refractivity contribution in [3.63, 3.8) is 0 Å². The highest BCUT2D eigenvalue weighted by molar-refractivity contribution is 5.94. The topological polar surface area (TPSA) is 57.0 Å². The van der Waals surface area contributed by atoms with Crippen molar-refractivity contribution in [1.29, 1.82) is 0 Å². The van der Waals surface area contributed by atoms with Crippen LogP contribution in [0.4, 0.5) is 0 Å². The van der Waals surface area contributed by atoms with Gasteiger partial charge in [-0.1, -0.05) is 53.7 Å². The second-order valence-corrected chi connectivity index (χ2v) is 4.39. The van der Waals surface area contributed by atoms with Crippen LogP contribution in [0.3, 0.4) is 0 Å². The van der Waals surface area contributed by atoms with Gasteiger partial charge in [0.1, 0.15) is 5.69 Å². The molecule has 2 aromatic carbocycles. The number of benzene rings is 2. The lowest BCUT2D eigenvalue weighted by atomic mass is 10.1. The highest BCUT2D eigenvalue weighted by atomic mass is 16.5. The molecule has 1 heterocycles.